The van der Waals surface area contributed by atoms with Gasteiger partial charge in [0.2, 0.25) is 0 Å². The Hall–Kier alpha value is -0.780. The number of ether oxygens (including phenoxy) is 1. The molecule has 0 fully saturated rings. The lowest BCUT2D eigenvalue weighted by Crippen LogP contribution is -2.30. The highest BCUT2D eigenvalue weighted by atomic mass is 32.1. The van der Waals surface area contributed by atoms with Crippen LogP contribution in [0.4, 0.5) is 0 Å². The van der Waals surface area contributed by atoms with Crippen molar-refractivity contribution in [2.24, 2.45) is 0 Å². The van der Waals surface area contributed by atoms with E-state index < -0.39 is 0 Å². The van der Waals surface area contributed by atoms with Gasteiger partial charge in [0, 0.05) is 23.1 Å². The van der Waals surface area contributed by atoms with Gasteiger partial charge in [-0.05, 0) is 25.8 Å². The first-order valence-corrected chi connectivity index (χ1v) is 10.9. The minimum absolute atomic E-state index is 0.112. The average molecular weight is 379 g/mol. The first-order chi connectivity index (χ1) is 12.0. The Kier molecular flexibility index (Phi) is 6.29. The second-order valence-electron chi connectivity index (χ2n) is 7.79. The highest BCUT2D eigenvalue weighted by molar-refractivity contribution is 7.71. The molecule has 3 nitrogen and oxygen atoms in total. The number of aryl methyl sites for hydroxylation is 1. The average Bonchev–Trinajstić information content (AvgIpc) is 2.91. The van der Waals surface area contributed by atoms with Crippen LogP contribution in [-0.2, 0) is 24.2 Å². The van der Waals surface area contributed by atoms with Crippen LogP contribution in [0.3, 0.4) is 0 Å². The summed E-state index contributed by atoms with van der Waals surface area (Å²) in [4.78, 5) is 10.7. The summed E-state index contributed by atoms with van der Waals surface area (Å²) in [5.41, 5.74) is 1.24. The monoisotopic (exact) mass is 378 g/mol. The molecular formula is C20H30N2OS2. The largest absolute Gasteiger partial charge is 0.370 e. The lowest BCUT2D eigenvalue weighted by molar-refractivity contribution is -0.0379. The van der Waals surface area contributed by atoms with E-state index in [0.717, 1.165) is 33.5 Å². The van der Waals surface area contributed by atoms with E-state index in [2.05, 4.69) is 25.8 Å². The molecule has 25 heavy (non-hydrogen) atoms. The number of rotatable bonds is 8. The predicted molar refractivity (Wildman–Crippen MR) is 109 cm³/mol. The summed E-state index contributed by atoms with van der Waals surface area (Å²) in [5, 5.41) is 1.16. The molecule has 0 unspecified atom stereocenters. The first-order valence-electron chi connectivity index (χ1n) is 9.67. The van der Waals surface area contributed by atoms with Crippen LogP contribution in [0.1, 0.15) is 82.0 Å². The van der Waals surface area contributed by atoms with Gasteiger partial charge in [0.1, 0.15) is 15.3 Å². The molecule has 0 aromatic carbocycles. The third-order valence-electron chi connectivity index (χ3n) is 5.01. The van der Waals surface area contributed by atoms with Crippen molar-refractivity contribution in [1.82, 2.24) is 9.97 Å². The van der Waals surface area contributed by atoms with Crippen LogP contribution in [0.2, 0.25) is 0 Å². The number of hydrogen-bond acceptors (Lipinski definition) is 4. The predicted octanol–water partition coefficient (Wildman–Crippen LogP) is 6.50. The van der Waals surface area contributed by atoms with E-state index in [-0.39, 0.29) is 5.60 Å². The van der Waals surface area contributed by atoms with Crippen molar-refractivity contribution in [3.63, 3.8) is 0 Å². The molecule has 0 aliphatic carbocycles. The van der Waals surface area contributed by atoms with Gasteiger partial charge >= 0.3 is 0 Å². The Morgan fingerprint density at radius 1 is 1.16 bits per heavy atom. The molecule has 0 saturated heterocycles. The Balaban J connectivity index is 1.66. The van der Waals surface area contributed by atoms with Gasteiger partial charge in [-0.1, -0.05) is 57.7 Å². The van der Waals surface area contributed by atoms with E-state index in [1.165, 1.54) is 55.4 Å². The lowest BCUT2D eigenvalue weighted by Gasteiger charge is -2.30. The maximum absolute atomic E-state index is 5.95. The van der Waals surface area contributed by atoms with Crippen molar-refractivity contribution in [3.05, 3.63) is 20.9 Å². The van der Waals surface area contributed by atoms with Crippen LogP contribution in [0.15, 0.2) is 0 Å². The van der Waals surface area contributed by atoms with E-state index in [1.807, 2.05) is 0 Å². The van der Waals surface area contributed by atoms with Gasteiger partial charge in [0.15, 0.2) is 0 Å². The van der Waals surface area contributed by atoms with Gasteiger partial charge in [-0.25, -0.2) is 4.98 Å². The maximum Gasteiger partial charge on any atom is 0.128 e. The van der Waals surface area contributed by atoms with Gasteiger partial charge < -0.3 is 9.72 Å². The maximum atomic E-state index is 5.95. The molecule has 0 radical (unpaired) electrons. The highest BCUT2D eigenvalue weighted by Gasteiger charge is 2.30. The fourth-order valence-electron chi connectivity index (χ4n) is 3.56. The number of unbranched alkanes of at least 4 members (excludes halogenated alkanes) is 6. The summed E-state index contributed by atoms with van der Waals surface area (Å²) < 4.78 is 6.81. The van der Waals surface area contributed by atoms with Gasteiger partial charge in [-0.3, -0.25) is 0 Å². The Morgan fingerprint density at radius 2 is 1.88 bits per heavy atom. The third-order valence-corrected chi connectivity index (χ3v) is 6.41. The number of hydrogen-bond donors (Lipinski definition) is 1. The van der Waals surface area contributed by atoms with Crippen LogP contribution in [0.25, 0.3) is 10.2 Å². The minimum Gasteiger partial charge on any atom is -0.370 e. The zero-order chi connectivity index (χ0) is 17.9. The van der Waals surface area contributed by atoms with Gasteiger partial charge in [-0.2, -0.15) is 0 Å². The Morgan fingerprint density at radius 3 is 2.64 bits per heavy atom. The van der Waals surface area contributed by atoms with Crippen LogP contribution in [0, 0.1) is 4.64 Å². The first kappa shape index (κ1) is 19.0. The highest BCUT2D eigenvalue weighted by Crippen LogP contribution is 2.38. The summed E-state index contributed by atoms with van der Waals surface area (Å²) in [6.45, 7) is 7.24. The number of H-pyrrole nitrogens is 1. The zero-order valence-electron chi connectivity index (χ0n) is 15.7. The van der Waals surface area contributed by atoms with Gasteiger partial charge in [0.25, 0.3) is 0 Å². The number of thiophene rings is 1. The second-order valence-corrected chi connectivity index (χ2v) is 9.28. The summed E-state index contributed by atoms with van der Waals surface area (Å²) in [7, 11) is 0. The summed E-state index contributed by atoms with van der Waals surface area (Å²) in [6.07, 6.45) is 11.2. The van der Waals surface area contributed by atoms with Crippen LogP contribution in [-0.4, -0.2) is 15.6 Å². The van der Waals surface area contributed by atoms with E-state index in [0.29, 0.717) is 6.61 Å². The quantitative estimate of drug-likeness (QED) is 0.421. The molecule has 0 bridgehead atoms. The molecule has 5 heteroatoms. The Labute approximate surface area is 160 Å². The van der Waals surface area contributed by atoms with E-state index in [4.69, 9.17) is 21.9 Å². The van der Waals surface area contributed by atoms with E-state index >= 15 is 0 Å². The standard InChI is InChI=1S/C20H30N2OS2/c1-4-5-6-7-8-9-10-11-16-21-18(24)17-14-12-20(2,3)23-13-15(14)25-19(17)22-16/h4-13H2,1-3H3,(H,21,22,24). The van der Waals surface area contributed by atoms with Crippen molar-refractivity contribution in [2.45, 2.75) is 90.8 Å². The van der Waals surface area contributed by atoms with Crippen molar-refractivity contribution in [3.8, 4) is 0 Å². The zero-order valence-corrected chi connectivity index (χ0v) is 17.4. The molecule has 0 amide bonds. The molecule has 2 aromatic heterocycles. The molecule has 0 spiro atoms. The number of fused-ring (bicyclic) bond motifs is 3. The molecule has 1 aliphatic heterocycles. The summed E-state index contributed by atoms with van der Waals surface area (Å²) in [5.74, 6) is 1.05. The number of aromatic nitrogens is 2. The normalized spacial score (nSPS) is 16.3. The third kappa shape index (κ3) is 4.69. The summed E-state index contributed by atoms with van der Waals surface area (Å²) in [6, 6.07) is 0. The molecular weight excluding hydrogens is 348 g/mol. The summed E-state index contributed by atoms with van der Waals surface area (Å²) >= 11 is 7.43. The van der Waals surface area contributed by atoms with Crippen molar-refractivity contribution < 1.29 is 4.74 Å². The number of aromatic amines is 1. The minimum atomic E-state index is -0.112. The molecule has 0 atom stereocenters. The number of nitrogens with one attached hydrogen (secondary N) is 1. The molecule has 1 N–H and O–H groups in total. The molecule has 3 heterocycles. The van der Waals surface area contributed by atoms with Gasteiger partial charge in [-0.15, -0.1) is 11.3 Å². The Bertz CT molecular complexity index is 776. The molecule has 0 saturated carbocycles. The second kappa shape index (κ2) is 8.28. The lowest BCUT2D eigenvalue weighted by atomic mass is 9.95. The topological polar surface area (TPSA) is 37.9 Å². The molecule has 2 aromatic rings. The fourth-order valence-corrected chi connectivity index (χ4v) is 5.10. The van der Waals surface area contributed by atoms with Crippen LogP contribution < -0.4 is 0 Å². The molecule has 1 aliphatic rings. The molecule has 138 valence electrons. The molecule has 3 rings (SSSR count). The van der Waals surface area contributed by atoms with E-state index in [1.54, 1.807) is 11.3 Å². The fraction of sp³-hybridized carbons (Fsp3) is 0.700. The van der Waals surface area contributed by atoms with Crippen molar-refractivity contribution in [2.75, 3.05) is 0 Å². The van der Waals surface area contributed by atoms with Crippen LogP contribution >= 0.6 is 23.6 Å². The number of nitrogens with zero attached hydrogens (tertiary/aromatic N) is 1. The van der Waals surface area contributed by atoms with Crippen molar-refractivity contribution in [1.29, 1.82) is 0 Å². The smallest absolute Gasteiger partial charge is 0.128 e. The SMILES string of the molecule is CCCCCCCCCc1nc2sc3c(c2c(=S)[nH]1)CC(C)(C)OC3. The van der Waals surface area contributed by atoms with Gasteiger partial charge in [0.05, 0.1) is 12.2 Å². The van der Waals surface area contributed by atoms with Crippen LogP contribution in [0.5, 0.6) is 0 Å². The van der Waals surface area contributed by atoms with E-state index in [9.17, 15) is 0 Å². The van der Waals surface area contributed by atoms with Crippen molar-refractivity contribution >= 4 is 33.8 Å².